The van der Waals surface area contributed by atoms with Gasteiger partial charge in [-0.25, -0.2) is 18.8 Å². The summed E-state index contributed by atoms with van der Waals surface area (Å²) in [5, 5.41) is 27.8. The number of hydrogen-bond acceptors (Lipinski definition) is 7. The first-order valence-electron chi connectivity index (χ1n) is 13.8. The Bertz CT molecular complexity index is 1850. The van der Waals surface area contributed by atoms with Crippen LogP contribution in [0.25, 0.3) is 11.1 Å². The first kappa shape index (κ1) is 31.8. The Labute approximate surface area is 265 Å². The molecule has 5 rings (SSSR count). The molecule has 0 aromatic heterocycles. The van der Waals surface area contributed by atoms with Crippen molar-refractivity contribution in [3.05, 3.63) is 112 Å². The van der Waals surface area contributed by atoms with E-state index >= 15 is 0 Å². The van der Waals surface area contributed by atoms with E-state index in [9.17, 15) is 33.8 Å². The fourth-order valence-electron chi connectivity index (χ4n) is 5.49. The van der Waals surface area contributed by atoms with Crippen LogP contribution in [0.3, 0.4) is 0 Å². The number of halogens is 2. The van der Waals surface area contributed by atoms with E-state index in [1.165, 1.54) is 17.0 Å². The lowest BCUT2D eigenvalue weighted by atomic mass is 9.86. The summed E-state index contributed by atoms with van der Waals surface area (Å²) in [6, 6.07) is 20.1. The van der Waals surface area contributed by atoms with Gasteiger partial charge in [0.2, 0.25) is 0 Å². The van der Waals surface area contributed by atoms with Crippen molar-refractivity contribution in [2.45, 2.75) is 31.8 Å². The third kappa shape index (κ3) is 7.19. The summed E-state index contributed by atoms with van der Waals surface area (Å²) in [6.07, 6.45) is -3.45. The molecule has 1 atom stereocenters. The third-order valence-corrected chi connectivity index (χ3v) is 7.67. The molecule has 1 aliphatic carbocycles. The highest BCUT2D eigenvalue weighted by molar-refractivity contribution is 6.31. The predicted octanol–water partition coefficient (Wildman–Crippen LogP) is 8.04. The number of hydrogen-bond donors (Lipinski definition) is 3. The summed E-state index contributed by atoms with van der Waals surface area (Å²) < 4.78 is 28.0. The first-order valence-corrected chi connectivity index (χ1v) is 14.2. The van der Waals surface area contributed by atoms with Crippen molar-refractivity contribution in [2.75, 3.05) is 0 Å². The molecule has 13 heteroatoms. The van der Waals surface area contributed by atoms with Crippen LogP contribution in [0.15, 0.2) is 78.9 Å². The molecule has 4 aromatic carbocycles. The van der Waals surface area contributed by atoms with Crippen LogP contribution in [0.2, 0.25) is 5.02 Å². The van der Waals surface area contributed by atoms with Gasteiger partial charge in [-0.1, -0.05) is 60.1 Å². The summed E-state index contributed by atoms with van der Waals surface area (Å²) in [4.78, 5) is 50.3. The van der Waals surface area contributed by atoms with Crippen molar-refractivity contribution in [3.8, 4) is 28.4 Å². The summed E-state index contributed by atoms with van der Waals surface area (Å²) in [6.45, 7) is -0.00435. The van der Waals surface area contributed by atoms with Gasteiger partial charge in [-0.2, -0.15) is 0 Å². The van der Waals surface area contributed by atoms with Crippen molar-refractivity contribution in [3.63, 3.8) is 0 Å². The van der Waals surface area contributed by atoms with Gasteiger partial charge in [0.05, 0.1) is 16.6 Å². The van der Waals surface area contributed by atoms with Crippen LogP contribution >= 0.6 is 11.6 Å². The maximum absolute atomic E-state index is 14.5. The van der Waals surface area contributed by atoms with Crippen molar-refractivity contribution in [2.24, 2.45) is 0 Å². The number of fused-ring (bicyclic) bond motifs is 1. The minimum atomic E-state index is -1.85. The molecule has 11 nitrogen and oxygen atoms in total. The maximum Gasteiger partial charge on any atom is 0.511 e. The number of aryl methyl sites for hydroxylation is 1. The van der Waals surface area contributed by atoms with E-state index in [1.54, 1.807) is 30.3 Å². The molecule has 0 spiro atoms. The Morgan fingerprint density at radius 2 is 1.43 bits per heavy atom. The number of rotatable bonds is 8. The minimum Gasteiger partial charge on any atom is -0.449 e. The number of benzene rings is 4. The molecule has 0 bridgehead atoms. The molecule has 0 saturated carbocycles. The molecule has 0 heterocycles. The Morgan fingerprint density at radius 1 is 0.783 bits per heavy atom. The average molecular weight is 650 g/mol. The number of ether oxygens (including phenoxy) is 3. The van der Waals surface area contributed by atoms with Gasteiger partial charge < -0.3 is 34.4 Å². The number of carbonyl (C=O) groups excluding carboxylic acids is 1. The standard InChI is InChI=1S/C33H25ClFNO10/c34-24-14-21(11-12-25(24)35)20-8-3-5-18(13-20)17-36(26-10-4-7-19-6-1-2-9-22(19)26)30(37)23-15-28(45-32(40)41)29(46-33(42)43)16-27(23)44-31(38)39/h1-3,5-6,8-9,11-16,26H,4,7,10,17H2,(H,38,39)(H,40,41)(H,42,43)/t26-/m0/s1. The zero-order valence-corrected chi connectivity index (χ0v) is 24.6. The van der Waals surface area contributed by atoms with Crippen molar-refractivity contribution in [1.82, 2.24) is 4.90 Å². The van der Waals surface area contributed by atoms with Gasteiger partial charge in [0.15, 0.2) is 17.2 Å². The highest BCUT2D eigenvalue weighted by atomic mass is 35.5. The van der Waals surface area contributed by atoms with E-state index in [2.05, 4.69) is 4.74 Å². The van der Waals surface area contributed by atoms with Gasteiger partial charge in [-0.15, -0.1) is 0 Å². The Kier molecular flexibility index (Phi) is 9.38. The normalized spacial score (nSPS) is 13.7. The van der Waals surface area contributed by atoms with Crippen LogP contribution in [-0.4, -0.2) is 44.6 Å². The van der Waals surface area contributed by atoms with E-state index in [-0.39, 0.29) is 11.6 Å². The summed E-state index contributed by atoms with van der Waals surface area (Å²) >= 11 is 6.01. The van der Waals surface area contributed by atoms with Crippen LogP contribution in [0, 0.1) is 5.82 Å². The lowest BCUT2D eigenvalue weighted by Gasteiger charge is -2.36. The molecule has 0 aliphatic heterocycles. The van der Waals surface area contributed by atoms with E-state index < -0.39 is 59.0 Å². The SMILES string of the molecule is O=C(O)Oc1cc(OC(=O)O)c(C(=O)N(Cc2cccc(-c3ccc(F)c(Cl)c3)c2)[C@H]2CCCc3ccccc32)cc1OC(=O)O. The zero-order chi connectivity index (χ0) is 33.0. The van der Waals surface area contributed by atoms with Gasteiger partial charge in [0.1, 0.15) is 5.82 Å². The van der Waals surface area contributed by atoms with Crippen molar-refractivity contribution >= 4 is 36.0 Å². The van der Waals surface area contributed by atoms with Crippen molar-refractivity contribution in [1.29, 1.82) is 0 Å². The Morgan fingerprint density at radius 3 is 2.13 bits per heavy atom. The predicted molar refractivity (Wildman–Crippen MR) is 161 cm³/mol. The molecular weight excluding hydrogens is 625 g/mol. The quantitative estimate of drug-likeness (QED) is 0.126. The van der Waals surface area contributed by atoms with E-state index in [1.807, 2.05) is 24.3 Å². The molecule has 1 amide bonds. The van der Waals surface area contributed by atoms with Crippen LogP contribution in [0.5, 0.6) is 17.2 Å². The molecule has 236 valence electrons. The monoisotopic (exact) mass is 649 g/mol. The number of amides is 1. The van der Waals surface area contributed by atoms with E-state index in [4.69, 9.17) is 26.2 Å². The summed E-state index contributed by atoms with van der Waals surface area (Å²) in [7, 11) is 0. The minimum absolute atomic E-state index is 0.00435. The average Bonchev–Trinajstić information content (AvgIpc) is 3.01. The topological polar surface area (TPSA) is 160 Å². The van der Waals surface area contributed by atoms with Gasteiger partial charge >= 0.3 is 18.5 Å². The fourth-order valence-corrected chi connectivity index (χ4v) is 5.67. The Hall–Kier alpha value is -5.62. The van der Waals surface area contributed by atoms with E-state index in [0.717, 1.165) is 36.1 Å². The third-order valence-electron chi connectivity index (χ3n) is 7.38. The second-order valence-electron chi connectivity index (χ2n) is 10.3. The summed E-state index contributed by atoms with van der Waals surface area (Å²) in [5.74, 6) is -3.31. The van der Waals surface area contributed by atoms with Gasteiger partial charge in [-0.3, -0.25) is 4.79 Å². The molecule has 0 fully saturated rings. The van der Waals surface area contributed by atoms with Gasteiger partial charge in [-0.05, 0) is 65.3 Å². The van der Waals surface area contributed by atoms with Crippen LogP contribution in [0.1, 0.15) is 45.9 Å². The smallest absolute Gasteiger partial charge is 0.449 e. The summed E-state index contributed by atoms with van der Waals surface area (Å²) in [5.41, 5.74) is 3.46. The second kappa shape index (κ2) is 13.6. The highest BCUT2D eigenvalue weighted by Gasteiger charge is 2.33. The second-order valence-corrected chi connectivity index (χ2v) is 10.7. The molecule has 0 saturated heterocycles. The lowest BCUT2D eigenvalue weighted by Crippen LogP contribution is -2.36. The molecule has 0 radical (unpaired) electrons. The number of carboxylic acid groups (broad SMARTS) is 3. The molecule has 4 aromatic rings. The first-order chi connectivity index (χ1) is 22.0. The van der Waals surface area contributed by atoms with Crippen LogP contribution in [0.4, 0.5) is 18.8 Å². The number of carbonyl (C=O) groups is 4. The van der Waals surface area contributed by atoms with Gasteiger partial charge in [0, 0.05) is 18.7 Å². The zero-order valence-electron chi connectivity index (χ0n) is 23.8. The molecule has 0 unspecified atom stereocenters. The molecular formula is C33H25ClFNO10. The number of nitrogens with zero attached hydrogens (tertiary/aromatic N) is 1. The van der Waals surface area contributed by atoms with E-state index in [0.29, 0.717) is 23.1 Å². The van der Waals surface area contributed by atoms with Crippen molar-refractivity contribution < 1.29 is 53.1 Å². The largest absolute Gasteiger partial charge is 0.511 e. The van der Waals surface area contributed by atoms with Crippen LogP contribution < -0.4 is 14.2 Å². The molecule has 1 aliphatic rings. The van der Waals surface area contributed by atoms with Crippen LogP contribution in [-0.2, 0) is 13.0 Å². The fraction of sp³-hybridized carbons (Fsp3) is 0.152. The van der Waals surface area contributed by atoms with Gasteiger partial charge in [0.25, 0.3) is 5.91 Å². The Balaban J connectivity index is 1.63. The molecule has 3 N–H and O–H groups in total. The highest BCUT2D eigenvalue weighted by Crippen LogP contribution is 2.40. The maximum atomic E-state index is 14.5. The lowest BCUT2D eigenvalue weighted by molar-refractivity contribution is 0.0633. The molecule has 46 heavy (non-hydrogen) atoms.